The second-order valence-corrected chi connectivity index (χ2v) is 10.3. The van der Waals surface area contributed by atoms with Gasteiger partial charge in [-0.2, -0.15) is 0 Å². The number of ether oxygens (including phenoxy) is 3. The fourth-order valence-corrected chi connectivity index (χ4v) is 4.47. The first-order valence-electron chi connectivity index (χ1n) is 11.6. The fraction of sp³-hybridized carbons (Fsp3) is 0.826. The quantitative estimate of drug-likeness (QED) is 0.486. The predicted molar refractivity (Wildman–Crippen MR) is 120 cm³/mol. The Morgan fingerprint density at radius 1 is 1.12 bits per heavy atom. The molecule has 0 bridgehead atoms. The summed E-state index contributed by atoms with van der Waals surface area (Å²) in [5.74, 6) is -0.984. The second kappa shape index (κ2) is 10.6. The minimum atomic E-state index is -0.827. The molecule has 2 rings (SSSR count). The third-order valence-corrected chi connectivity index (χ3v) is 6.22. The van der Waals surface area contributed by atoms with Crippen molar-refractivity contribution in [1.82, 2.24) is 15.1 Å². The average Bonchev–Trinajstić information content (AvgIpc) is 3.09. The van der Waals surface area contributed by atoms with E-state index in [2.05, 4.69) is 10.1 Å². The lowest BCUT2D eigenvalue weighted by Gasteiger charge is -2.39. The summed E-state index contributed by atoms with van der Waals surface area (Å²) in [6.45, 7) is 12.4. The molecule has 33 heavy (non-hydrogen) atoms. The number of nitrogens with zero attached hydrogens (tertiary/aromatic N) is 2. The van der Waals surface area contributed by atoms with Gasteiger partial charge in [0.2, 0.25) is 5.91 Å². The monoisotopic (exact) mass is 469 g/mol. The number of hydrogen-bond donors (Lipinski definition) is 1. The van der Waals surface area contributed by atoms with Crippen LogP contribution in [0.3, 0.4) is 0 Å². The minimum Gasteiger partial charge on any atom is -0.464 e. The summed E-state index contributed by atoms with van der Waals surface area (Å²) in [6, 6.07) is -1.56. The van der Waals surface area contributed by atoms with Crippen LogP contribution in [0.15, 0.2) is 0 Å². The first-order valence-corrected chi connectivity index (χ1v) is 11.6. The molecule has 0 aromatic rings. The van der Waals surface area contributed by atoms with Gasteiger partial charge in [0.1, 0.15) is 17.7 Å². The van der Waals surface area contributed by atoms with Crippen molar-refractivity contribution in [2.45, 2.75) is 78.5 Å². The van der Waals surface area contributed by atoms with Crippen LogP contribution in [-0.4, -0.2) is 84.9 Å². The molecule has 2 atom stereocenters. The third kappa shape index (κ3) is 6.74. The molecule has 10 nitrogen and oxygen atoms in total. The van der Waals surface area contributed by atoms with E-state index in [0.29, 0.717) is 38.9 Å². The lowest BCUT2D eigenvalue weighted by molar-refractivity contribution is -0.153. The third-order valence-electron chi connectivity index (χ3n) is 6.22. The van der Waals surface area contributed by atoms with Crippen molar-refractivity contribution >= 4 is 24.1 Å². The summed E-state index contributed by atoms with van der Waals surface area (Å²) in [5, 5.41) is 2.60. The minimum absolute atomic E-state index is 0.204. The molecule has 10 heteroatoms. The van der Waals surface area contributed by atoms with Gasteiger partial charge in [-0.3, -0.25) is 4.79 Å². The second-order valence-electron chi connectivity index (χ2n) is 10.3. The number of esters is 1. The average molecular weight is 470 g/mol. The molecule has 188 valence electrons. The summed E-state index contributed by atoms with van der Waals surface area (Å²) < 4.78 is 15.4. The van der Waals surface area contributed by atoms with Gasteiger partial charge < -0.3 is 29.3 Å². The Balaban J connectivity index is 2.19. The summed E-state index contributed by atoms with van der Waals surface area (Å²) in [6.07, 6.45) is 0.690. The van der Waals surface area contributed by atoms with E-state index in [1.54, 1.807) is 16.7 Å². The summed E-state index contributed by atoms with van der Waals surface area (Å²) >= 11 is 0. The van der Waals surface area contributed by atoms with Crippen molar-refractivity contribution < 1.29 is 33.4 Å². The molecule has 2 fully saturated rings. The van der Waals surface area contributed by atoms with Gasteiger partial charge in [0.05, 0.1) is 13.7 Å². The molecule has 0 aromatic carbocycles. The molecule has 2 saturated heterocycles. The Kier molecular flexibility index (Phi) is 8.59. The van der Waals surface area contributed by atoms with E-state index >= 15 is 0 Å². The molecule has 2 aliphatic rings. The highest BCUT2D eigenvalue weighted by molar-refractivity contribution is 5.90. The molecule has 0 radical (unpaired) electrons. The van der Waals surface area contributed by atoms with Gasteiger partial charge in [-0.25, -0.2) is 14.4 Å². The van der Waals surface area contributed by atoms with Crippen LogP contribution < -0.4 is 5.32 Å². The molecule has 2 heterocycles. The van der Waals surface area contributed by atoms with E-state index in [1.807, 2.05) is 34.6 Å². The normalized spacial score (nSPS) is 21.0. The van der Waals surface area contributed by atoms with Crippen molar-refractivity contribution in [3.8, 4) is 0 Å². The maximum atomic E-state index is 13.5. The Labute approximate surface area is 196 Å². The summed E-state index contributed by atoms with van der Waals surface area (Å²) in [7, 11) is 1.24. The van der Waals surface area contributed by atoms with Gasteiger partial charge in [-0.05, 0) is 58.3 Å². The van der Waals surface area contributed by atoms with Gasteiger partial charge in [0.25, 0.3) is 0 Å². The van der Waals surface area contributed by atoms with Crippen molar-refractivity contribution in [3.63, 3.8) is 0 Å². The Morgan fingerprint density at radius 2 is 1.73 bits per heavy atom. The number of piperidine rings is 1. The molecule has 3 amide bonds. The number of carbonyl (C=O) groups is 4. The zero-order chi connectivity index (χ0) is 25.0. The summed E-state index contributed by atoms with van der Waals surface area (Å²) in [5.41, 5.74) is -0.880. The van der Waals surface area contributed by atoms with Gasteiger partial charge in [0.15, 0.2) is 0 Å². The van der Waals surface area contributed by atoms with Crippen LogP contribution in [0, 0.1) is 11.3 Å². The van der Waals surface area contributed by atoms with Crippen LogP contribution in [0.4, 0.5) is 9.59 Å². The number of rotatable bonds is 5. The molecule has 0 aromatic heterocycles. The Hall–Kier alpha value is -2.52. The van der Waals surface area contributed by atoms with Crippen LogP contribution >= 0.6 is 0 Å². The number of hydrogen-bond acceptors (Lipinski definition) is 7. The molecule has 0 aliphatic carbocycles. The number of nitrogens with one attached hydrogen (secondary N) is 1. The maximum Gasteiger partial charge on any atom is 0.410 e. The van der Waals surface area contributed by atoms with Crippen LogP contribution in [0.5, 0.6) is 0 Å². The first-order chi connectivity index (χ1) is 15.3. The molecule has 2 unspecified atom stereocenters. The fourth-order valence-electron chi connectivity index (χ4n) is 4.47. The van der Waals surface area contributed by atoms with Crippen molar-refractivity contribution in [3.05, 3.63) is 0 Å². The highest BCUT2D eigenvalue weighted by atomic mass is 16.6. The predicted octanol–water partition coefficient (Wildman–Crippen LogP) is 2.55. The van der Waals surface area contributed by atoms with Crippen LogP contribution in [0.1, 0.15) is 60.8 Å². The maximum absolute atomic E-state index is 13.5. The highest BCUT2D eigenvalue weighted by Crippen LogP contribution is 2.44. The van der Waals surface area contributed by atoms with E-state index in [-0.39, 0.29) is 29.9 Å². The van der Waals surface area contributed by atoms with E-state index in [1.165, 1.54) is 7.11 Å². The van der Waals surface area contributed by atoms with Crippen LogP contribution in [0.2, 0.25) is 0 Å². The molecule has 1 spiro atoms. The first kappa shape index (κ1) is 26.7. The van der Waals surface area contributed by atoms with E-state index < -0.39 is 29.7 Å². The number of methoxy groups -OCH3 is 1. The number of likely N-dealkylation sites (tertiary alicyclic amines) is 2. The van der Waals surface area contributed by atoms with Gasteiger partial charge in [0, 0.05) is 19.6 Å². The van der Waals surface area contributed by atoms with Crippen LogP contribution in [-0.2, 0) is 23.8 Å². The number of carbonyl (C=O) groups excluding carboxylic acids is 4. The van der Waals surface area contributed by atoms with Crippen molar-refractivity contribution in [2.24, 2.45) is 11.3 Å². The molecule has 1 N–H and O–H groups in total. The van der Waals surface area contributed by atoms with E-state index in [4.69, 9.17) is 9.47 Å². The number of amides is 3. The molecular weight excluding hydrogens is 430 g/mol. The Morgan fingerprint density at radius 3 is 2.21 bits per heavy atom. The van der Waals surface area contributed by atoms with E-state index in [0.717, 1.165) is 0 Å². The highest BCUT2D eigenvalue weighted by Gasteiger charge is 2.52. The van der Waals surface area contributed by atoms with Gasteiger partial charge >= 0.3 is 18.2 Å². The largest absolute Gasteiger partial charge is 0.464 e. The standard InChI is InChI=1S/C23H39N3O7/c1-8-32-19(28)16-13-23(9-11-25(12-10-23)21(30)33-22(4,5)6)14-26(16)18(27)17(15(2)3)24-20(29)31-7/h15-17H,8-14H2,1-7H3,(H,24,29). The zero-order valence-electron chi connectivity index (χ0n) is 20.9. The molecular formula is C23H39N3O7. The van der Waals surface area contributed by atoms with Gasteiger partial charge in [-0.1, -0.05) is 13.8 Å². The lowest BCUT2D eigenvalue weighted by Crippen LogP contribution is -2.54. The SMILES string of the molecule is CCOC(=O)C1CC2(CCN(C(=O)OC(C)(C)C)CC2)CN1C(=O)C(NC(=O)OC)C(C)C. The smallest absolute Gasteiger partial charge is 0.410 e. The topological polar surface area (TPSA) is 114 Å². The van der Waals surface area contributed by atoms with E-state index in [9.17, 15) is 19.2 Å². The Bertz CT molecular complexity index is 739. The van der Waals surface area contributed by atoms with Crippen LogP contribution in [0.25, 0.3) is 0 Å². The number of alkyl carbamates (subject to hydrolysis) is 1. The summed E-state index contributed by atoms with van der Waals surface area (Å²) in [4.78, 5) is 53.7. The zero-order valence-corrected chi connectivity index (χ0v) is 20.9. The van der Waals surface area contributed by atoms with Gasteiger partial charge in [-0.15, -0.1) is 0 Å². The lowest BCUT2D eigenvalue weighted by atomic mass is 9.76. The van der Waals surface area contributed by atoms with Crippen molar-refractivity contribution in [2.75, 3.05) is 33.4 Å². The van der Waals surface area contributed by atoms with Crippen molar-refractivity contribution in [1.29, 1.82) is 0 Å². The molecule has 2 aliphatic heterocycles. The molecule has 0 saturated carbocycles.